The summed E-state index contributed by atoms with van der Waals surface area (Å²) in [7, 11) is 0. The smallest absolute Gasteiger partial charge is 0.187 e. The van der Waals surface area contributed by atoms with Gasteiger partial charge in [0, 0.05) is 0 Å². The highest BCUT2D eigenvalue weighted by Gasteiger charge is 2.49. The van der Waals surface area contributed by atoms with Crippen LogP contribution in [0.5, 0.6) is 0 Å². The van der Waals surface area contributed by atoms with E-state index in [9.17, 15) is 25.5 Å². The molecule has 8 heteroatoms. The molecule has 5 N–H and O–H groups in total. The molecule has 9 atom stereocenters. The Kier molecular flexibility index (Phi) is 6.98. The minimum Gasteiger partial charge on any atom is -0.388 e. The predicted molar refractivity (Wildman–Crippen MR) is 83.1 cm³/mol. The molecule has 142 valence electrons. The highest BCUT2D eigenvalue weighted by molar-refractivity contribution is 4.95. The first-order chi connectivity index (χ1) is 11.3. The van der Waals surface area contributed by atoms with Gasteiger partial charge in [0.15, 0.2) is 6.29 Å². The molecule has 0 radical (unpaired) electrons. The molecule has 2 fully saturated rings. The Hall–Kier alpha value is -0.320. The zero-order valence-electron chi connectivity index (χ0n) is 14.4. The van der Waals surface area contributed by atoms with Gasteiger partial charge in [-0.15, -0.1) is 0 Å². The summed E-state index contributed by atoms with van der Waals surface area (Å²) in [4.78, 5) is 0. The fourth-order valence-electron chi connectivity index (χ4n) is 3.37. The Morgan fingerprint density at radius 2 is 1.08 bits per heavy atom. The Labute approximate surface area is 142 Å². The number of aliphatic hydroxyl groups excluding tert-OH is 5. The van der Waals surface area contributed by atoms with E-state index >= 15 is 0 Å². The van der Waals surface area contributed by atoms with Crippen molar-refractivity contribution in [2.75, 3.05) is 0 Å². The van der Waals surface area contributed by atoms with Crippen LogP contribution in [0.3, 0.4) is 0 Å². The molecule has 0 saturated carbocycles. The van der Waals surface area contributed by atoms with E-state index in [0.717, 1.165) is 0 Å². The lowest BCUT2D eigenvalue weighted by Crippen LogP contribution is -2.63. The molecule has 2 aliphatic heterocycles. The lowest BCUT2D eigenvalue weighted by Gasteiger charge is -2.46. The minimum absolute atomic E-state index is 0.416. The summed E-state index contributed by atoms with van der Waals surface area (Å²) in [5.74, 6) is 0. The summed E-state index contributed by atoms with van der Waals surface area (Å²) in [6.07, 6.45) is -8.79. The number of hydrogen-bond acceptors (Lipinski definition) is 8. The maximum Gasteiger partial charge on any atom is 0.187 e. The summed E-state index contributed by atoms with van der Waals surface area (Å²) in [5, 5.41) is 50.8. The van der Waals surface area contributed by atoms with E-state index in [2.05, 4.69) is 0 Å². The zero-order valence-corrected chi connectivity index (χ0v) is 14.4. The Morgan fingerprint density at radius 3 is 1.54 bits per heavy atom. The molecule has 2 saturated heterocycles. The van der Waals surface area contributed by atoms with Crippen LogP contribution in [-0.4, -0.2) is 86.8 Å². The summed E-state index contributed by atoms with van der Waals surface area (Å²) in [6, 6.07) is 0. The van der Waals surface area contributed by atoms with Crippen molar-refractivity contribution in [1.82, 2.24) is 0 Å². The maximum atomic E-state index is 10.4. The van der Waals surface area contributed by atoms with Crippen LogP contribution in [0.1, 0.15) is 40.0 Å². The Balaban J connectivity index is 2.14. The molecule has 0 aromatic rings. The molecule has 0 aromatic carbocycles. The summed E-state index contributed by atoms with van der Waals surface area (Å²) in [6.45, 7) is 5.48. The van der Waals surface area contributed by atoms with Gasteiger partial charge >= 0.3 is 0 Å². The highest BCUT2D eigenvalue weighted by atomic mass is 16.7. The molecule has 0 aromatic heterocycles. The van der Waals surface area contributed by atoms with Crippen molar-refractivity contribution in [2.24, 2.45) is 0 Å². The van der Waals surface area contributed by atoms with Crippen LogP contribution in [0, 0.1) is 0 Å². The van der Waals surface area contributed by atoms with E-state index in [1.165, 1.54) is 0 Å². The maximum absolute atomic E-state index is 10.4. The number of ether oxygens (including phenoxy) is 3. The zero-order chi connectivity index (χ0) is 18.0. The number of aliphatic hydroxyl groups is 5. The highest BCUT2D eigenvalue weighted by Crippen LogP contribution is 2.31. The molecular formula is C16H30O8. The summed E-state index contributed by atoms with van der Waals surface area (Å²) < 4.78 is 16.8. The van der Waals surface area contributed by atoms with Crippen LogP contribution in [-0.2, 0) is 14.2 Å². The second-order valence-corrected chi connectivity index (χ2v) is 6.53. The quantitative estimate of drug-likeness (QED) is 0.423. The average molecular weight is 350 g/mol. The van der Waals surface area contributed by atoms with Crippen molar-refractivity contribution in [2.45, 2.75) is 101 Å². The first kappa shape index (κ1) is 20.0. The SMILES string of the molecule is CCC1OC(OC2C(O)[C@@H](CC)O[C@H](CC)C2O)[C@H](O)[C@@H](O)[C@H]1O. The van der Waals surface area contributed by atoms with Gasteiger partial charge in [0.2, 0.25) is 0 Å². The molecule has 0 spiro atoms. The Bertz CT molecular complexity index is 376. The third kappa shape index (κ3) is 3.76. The molecule has 2 heterocycles. The van der Waals surface area contributed by atoms with Crippen LogP contribution in [0.2, 0.25) is 0 Å². The van der Waals surface area contributed by atoms with Crippen molar-refractivity contribution in [1.29, 1.82) is 0 Å². The fourth-order valence-corrected chi connectivity index (χ4v) is 3.37. The standard InChI is InChI=1S/C16H30O8/c1-4-7-10(17)13(20)14(21)16(23-7)24-15-11(18)8(5-2)22-9(6-3)12(15)19/h7-21H,4-6H2,1-3H3/t7?,8-,9-,10+,11?,12?,13+,14-,15?,16?/m1/s1. The molecule has 8 nitrogen and oxygen atoms in total. The van der Waals surface area contributed by atoms with Gasteiger partial charge in [0.25, 0.3) is 0 Å². The minimum atomic E-state index is -1.48. The molecule has 24 heavy (non-hydrogen) atoms. The van der Waals surface area contributed by atoms with Gasteiger partial charge in [0.05, 0.1) is 18.3 Å². The van der Waals surface area contributed by atoms with Crippen LogP contribution < -0.4 is 0 Å². The molecule has 4 unspecified atom stereocenters. The first-order valence-electron chi connectivity index (χ1n) is 8.72. The lowest BCUT2D eigenvalue weighted by atomic mass is 9.92. The van der Waals surface area contributed by atoms with Gasteiger partial charge in [-0.3, -0.25) is 0 Å². The van der Waals surface area contributed by atoms with E-state index in [1.54, 1.807) is 6.92 Å². The van der Waals surface area contributed by atoms with Gasteiger partial charge in [0.1, 0.15) is 36.6 Å². The van der Waals surface area contributed by atoms with Gasteiger partial charge in [-0.05, 0) is 19.3 Å². The van der Waals surface area contributed by atoms with Crippen molar-refractivity contribution in [3.63, 3.8) is 0 Å². The monoisotopic (exact) mass is 350 g/mol. The van der Waals surface area contributed by atoms with E-state index in [-0.39, 0.29) is 0 Å². The summed E-state index contributed by atoms with van der Waals surface area (Å²) in [5.41, 5.74) is 0. The van der Waals surface area contributed by atoms with Gasteiger partial charge in [-0.2, -0.15) is 0 Å². The molecule has 0 aliphatic carbocycles. The van der Waals surface area contributed by atoms with Crippen LogP contribution in [0.15, 0.2) is 0 Å². The first-order valence-corrected chi connectivity index (χ1v) is 8.72. The lowest BCUT2D eigenvalue weighted by molar-refractivity contribution is -0.338. The van der Waals surface area contributed by atoms with Gasteiger partial charge < -0.3 is 39.7 Å². The second-order valence-electron chi connectivity index (χ2n) is 6.53. The van der Waals surface area contributed by atoms with E-state index in [1.807, 2.05) is 13.8 Å². The van der Waals surface area contributed by atoms with Crippen molar-refractivity contribution in [3.05, 3.63) is 0 Å². The van der Waals surface area contributed by atoms with E-state index < -0.39 is 61.2 Å². The third-order valence-electron chi connectivity index (χ3n) is 4.95. The van der Waals surface area contributed by atoms with Crippen LogP contribution in [0.25, 0.3) is 0 Å². The predicted octanol–water partition coefficient (Wildman–Crippen LogP) is -1.10. The molecule has 0 bridgehead atoms. The van der Waals surface area contributed by atoms with Crippen molar-refractivity contribution in [3.8, 4) is 0 Å². The number of rotatable bonds is 5. The molecule has 2 aliphatic rings. The molecule has 2 rings (SSSR count). The van der Waals surface area contributed by atoms with Crippen molar-refractivity contribution >= 4 is 0 Å². The van der Waals surface area contributed by atoms with Gasteiger partial charge in [-0.25, -0.2) is 0 Å². The second kappa shape index (κ2) is 8.37. The largest absolute Gasteiger partial charge is 0.388 e. The van der Waals surface area contributed by atoms with Crippen molar-refractivity contribution < 1.29 is 39.7 Å². The Morgan fingerprint density at radius 1 is 0.625 bits per heavy atom. The molecule has 0 amide bonds. The van der Waals surface area contributed by atoms with Gasteiger partial charge in [-0.1, -0.05) is 20.8 Å². The van der Waals surface area contributed by atoms with Crippen LogP contribution in [0.4, 0.5) is 0 Å². The third-order valence-corrected chi connectivity index (χ3v) is 4.95. The fraction of sp³-hybridized carbons (Fsp3) is 1.00. The topological polar surface area (TPSA) is 129 Å². The van der Waals surface area contributed by atoms with E-state index in [4.69, 9.17) is 14.2 Å². The normalized spacial score (nSPS) is 50.0. The van der Waals surface area contributed by atoms with Crippen LogP contribution >= 0.6 is 0 Å². The number of hydrogen-bond donors (Lipinski definition) is 5. The summed E-state index contributed by atoms with van der Waals surface area (Å²) >= 11 is 0. The molecular weight excluding hydrogens is 320 g/mol. The average Bonchev–Trinajstić information content (AvgIpc) is 2.58. The van der Waals surface area contributed by atoms with E-state index in [0.29, 0.717) is 19.3 Å².